The monoisotopic (exact) mass is 248 g/mol. The summed E-state index contributed by atoms with van der Waals surface area (Å²) in [4.78, 5) is 0. The maximum atomic E-state index is 12.1. The number of ether oxygens (including phenoxy) is 1. The molecule has 0 aromatic rings. The average Bonchev–Trinajstić information content (AvgIpc) is 2.98. The zero-order chi connectivity index (χ0) is 12.0. The fraction of sp³-hybridized carbons (Fsp3) is 1.00. The quantitative estimate of drug-likeness (QED) is 0.758. The topological polar surface area (TPSA) is 72.6 Å². The number of morpholine rings is 1. The number of sulfonamides is 1. The Morgan fingerprint density at radius 3 is 2.56 bits per heavy atom. The van der Waals surface area contributed by atoms with Crippen molar-refractivity contribution in [3.8, 4) is 0 Å². The molecular formula is C10H20N2O3S. The van der Waals surface area contributed by atoms with E-state index in [0.717, 1.165) is 12.8 Å². The fourth-order valence-electron chi connectivity index (χ4n) is 2.14. The second-order valence-corrected chi connectivity index (χ2v) is 7.49. The number of hydrogen-bond acceptors (Lipinski definition) is 4. The molecule has 1 heterocycles. The van der Waals surface area contributed by atoms with Gasteiger partial charge in [0.25, 0.3) is 0 Å². The highest BCUT2D eigenvalue weighted by atomic mass is 32.2. The summed E-state index contributed by atoms with van der Waals surface area (Å²) in [6.07, 6.45) is 1.41. The Balaban J connectivity index is 2.15. The van der Waals surface area contributed by atoms with Crippen molar-refractivity contribution in [2.75, 3.05) is 19.6 Å². The van der Waals surface area contributed by atoms with Crippen LogP contribution in [0.3, 0.4) is 0 Å². The Kier molecular flexibility index (Phi) is 3.03. The van der Waals surface area contributed by atoms with Gasteiger partial charge in [-0.25, -0.2) is 8.42 Å². The molecule has 1 saturated heterocycles. The Hall–Kier alpha value is -0.170. The Labute approximate surface area is 97.0 Å². The number of rotatable bonds is 3. The van der Waals surface area contributed by atoms with Crippen molar-refractivity contribution in [1.29, 1.82) is 0 Å². The molecule has 1 unspecified atom stereocenters. The third-order valence-electron chi connectivity index (χ3n) is 3.02. The van der Waals surface area contributed by atoms with E-state index in [-0.39, 0.29) is 11.4 Å². The van der Waals surface area contributed by atoms with Crippen LogP contribution in [0, 0.1) is 0 Å². The van der Waals surface area contributed by atoms with Crippen molar-refractivity contribution in [1.82, 2.24) is 4.31 Å². The van der Waals surface area contributed by atoms with E-state index in [4.69, 9.17) is 10.5 Å². The van der Waals surface area contributed by atoms with Crippen LogP contribution in [-0.4, -0.2) is 49.3 Å². The molecule has 0 aromatic carbocycles. The molecular weight excluding hydrogens is 228 g/mol. The van der Waals surface area contributed by atoms with Gasteiger partial charge >= 0.3 is 0 Å². The van der Waals surface area contributed by atoms with Crippen LogP contribution in [0.15, 0.2) is 0 Å². The standard InChI is InChI=1S/C10H20N2O3S/c1-10(2)7-12(6-8(5-11)15-10)16(13,14)9-3-4-9/h8-9H,3-7,11H2,1-2H3. The van der Waals surface area contributed by atoms with Gasteiger partial charge in [0, 0.05) is 19.6 Å². The van der Waals surface area contributed by atoms with Gasteiger partial charge in [0.05, 0.1) is 17.0 Å². The smallest absolute Gasteiger partial charge is 0.217 e. The highest BCUT2D eigenvalue weighted by Gasteiger charge is 2.45. The van der Waals surface area contributed by atoms with Gasteiger partial charge in [-0.3, -0.25) is 0 Å². The van der Waals surface area contributed by atoms with Gasteiger partial charge in [0.2, 0.25) is 10.0 Å². The molecule has 2 fully saturated rings. The molecule has 0 bridgehead atoms. The van der Waals surface area contributed by atoms with Crippen LogP contribution in [0.4, 0.5) is 0 Å². The van der Waals surface area contributed by atoms with E-state index in [1.807, 2.05) is 13.8 Å². The molecule has 0 radical (unpaired) electrons. The molecule has 2 aliphatic rings. The van der Waals surface area contributed by atoms with E-state index >= 15 is 0 Å². The summed E-state index contributed by atoms with van der Waals surface area (Å²) >= 11 is 0. The van der Waals surface area contributed by atoms with Crippen molar-refractivity contribution in [2.24, 2.45) is 5.73 Å². The minimum Gasteiger partial charge on any atom is -0.368 e. The van der Waals surface area contributed by atoms with E-state index in [2.05, 4.69) is 0 Å². The van der Waals surface area contributed by atoms with Crippen LogP contribution in [0.25, 0.3) is 0 Å². The first-order valence-corrected chi connectivity index (χ1v) is 7.22. The zero-order valence-corrected chi connectivity index (χ0v) is 10.7. The van der Waals surface area contributed by atoms with Crippen LogP contribution in [0.2, 0.25) is 0 Å². The first kappa shape index (κ1) is 12.3. The third kappa shape index (κ3) is 2.40. The SMILES string of the molecule is CC1(C)CN(S(=O)(=O)C2CC2)CC(CN)O1. The van der Waals surface area contributed by atoms with E-state index in [0.29, 0.717) is 19.6 Å². The maximum Gasteiger partial charge on any atom is 0.217 e. The highest BCUT2D eigenvalue weighted by molar-refractivity contribution is 7.90. The molecule has 1 saturated carbocycles. The molecule has 2 rings (SSSR count). The normalized spacial score (nSPS) is 31.6. The van der Waals surface area contributed by atoms with Crippen LogP contribution >= 0.6 is 0 Å². The van der Waals surface area contributed by atoms with E-state index in [1.54, 1.807) is 4.31 Å². The largest absolute Gasteiger partial charge is 0.368 e. The third-order valence-corrected chi connectivity index (χ3v) is 5.33. The summed E-state index contributed by atoms with van der Waals surface area (Å²) in [7, 11) is -3.11. The van der Waals surface area contributed by atoms with Crippen LogP contribution < -0.4 is 5.73 Å². The van der Waals surface area contributed by atoms with Gasteiger partial charge in [-0.05, 0) is 26.7 Å². The first-order valence-electron chi connectivity index (χ1n) is 5.72. The molecule has 0 spiro atoms. The Morgan fingerprint density at radius 1 is 1.44 bits per heavy atom. The first-order chi connectivity index (χ1) is 7.35. The van der Waals surface area contributed by atoms with Crippen molar-refractivity contribution < 1.29 is 13.2 Å². The van der Waals surface area contributed by atoms with E-state index < -0.39 is 15.6 Å². The number of nitrogens with two attached hydrogens (primary N) is 1. The zero-order valence-electron chi connectivity index (χ0n) is 9.85. The molecule has 1 aliphatic carbocycles. The molecule has 6 heteroatoms. The van der Waals surface area contributed by atoms with Crippen molar-refractivity contribution >= 4 is 10.0 Å². The second kappa shape index (κ2) is 3.94. The second-order valence-electron chi connectivity index (χ2n) is 5.27. The summed E-state index contributed by atoms with van der Waals surface area (Å²) in [6, 6.07) is 0. The average molecular weight is 248 g/mol. The van der Waals surface area contributed by atoms with Crippen molar-refractivity contribution in [3.05, 3.63) is 0 Å². The molecule has 94 valence electrons. The summed E-state index contributed by atoms with van der Waals surface area (Å²) in [5, 5.41) is -0.153. The number of hydrogen-bond donors (Lipinski definition) is 1. The lowest BCUT2D eigenvalue weighted by Crippen LogP contribution is -2.56. The lowest BCUT2D eigenvalue weighted by molar-refractivity contribution is -0.112. The summed E-state index contributed by atoms with van der Waals surface area (Å²) in [5.41, 5.74) is 5.13. The lowest BCUT2D eigenvalue weighted by atomic mass is 10.1. The van der Waals surface area contributed by atoms with E-state index in [9.17, 15) is 8.42 Å². The number of nitrogens with zero attached hydrogens (tertiary/aromatic N) is 1. The van der Waals surface area contributed by atoms with Crippen LogP contribution in [0.5, 0.6) is 0 Å². The predicted molar refractivity (Wildman–Crippen MR) is 61.5 cm³/mol. The predicted octanol–water partition coefficient (Wildman–Crippen LogP) is -0.0833. The van der Waals surface area contributed by atoms with Crippen molar-refractivity contribution in [3.63, 3.8) is 0 Å². The van der Waals surface area contributed by atoms with Gasteiger partial charge in [-0.15, -0.1) is 0 Å². The Bertz CT molecular complexity index is 362. The van der Waals surface area contributed by atoms with Crippen LogP contribution in [-0.2, 0) is 14.8 Å². The maximum absolute atomic E-state index is 12.1. The fourth-order valence-corrected chi connectivity index (χ4v) is 4.15. The lowest BCUT2D eigenvalue weighted by Gasteiger charge is -2.41. The van der Waals surface area contributed by atoms with E-state index in [1.165, 1.54) is 0 Å². The Morgan fingerprint density at radius 2 is 2.06 bits per heavy atom. The molecule has 1 atom stereocenters. The highest BCUT2D eigenvalue weighted by Crippen LogP contribution is 2.33. The van der Waals surface area contributed by atoms with Crippen molar-refractivity contribution in [2.45, 2.75) is 43.6 Å². The summed E-state index contributed by atoms with van der Waals surface area (Å²) in [5.74, 6) is 0. The molecule has 0 aromatic heterocycles. The molecule has 2 N–H and O–H groups in total. The molecule has 16 heavy (non-hydrogen) atoms. The van der Waals surface area contributed by atoms with Crippen LogP contribution in [0.1, 0.15) is 26.7 Å². The minimum absolute atomic E-state index is 0.153. The summed E-state index contributed by atoms with van der Waals surface area (Å²) < 4.78 is 31.5. The molecule has 1 aliphatic heterocycles. The molecule has 0 amide bonds. The van der Waals surface area contributed by atoms with Gasteiger partial charge < -0.3 is 10.5 Å². The van der Waals surface area contributed by atoms with Gasteiger partial charge in [-0.2, -0.15) is 4.31 Å². The molecule has 5 nitrogen and oxygen atoms in total. The van der Waals surface area contributed by atoms with Gasteiger partial charge in [0.1, 0.15) is 0 Å². The summed E-state index contributed by atoms with van der Waals surface area (Å²) in [6.45, 7) is 5.01. The minimum atomic E-state index is -3.11. The van der Waals surface area contributed by atoms with Gasteiger partial charge in [-0.1, -0.05) is 0 Å². The van der Waals surface area contributed by atoms with Gasteiger partial charge in [0.15, 0.2) is 0 Å².